The summed E-state index contributed by atoms with van der Waals surface area (Å²) in [4.78, 5) is 52.9. The van der Waals surface area contributed by atoms with E-state index in [0.29, 0.717) is 5.57 Å². The van der Waals surface area contributed by atoms with Gasteiger partial charge in [-0.3, -0.25) is 19.2 Å². The Hall–Kier alpha value is -3.16. The normalized spacial score (nSPS) is 27.4. The van der Waals surface area contributed by atoms with Gasteiger partial charge in [0.1, 0.15) is 0 Å². The molecule has 0 aromatic heterocycles. The molecule has 1 saturated carbocycles. The third kappa shape index (κ3) is 4.72. The number of esters is 4. The van der Waals surface area contributed by atoms with Crippen LogP contribution in [0, 0.1) is 35.5 Å². The molecule has 3 aliphatic carbocycles. The Morgan fingerprint density at radius 2 is 1.00 bits per heavy atom. The zero-order chi connectivity index (χ0) is 24.8. The second kappa shape index (κ2) is 11.3. The molecular weight excluding hydrogens is 440 g/mol. The molecule has 8 heteroatoms. The number of hydrogen-bond acceptors (Lipinski definition) is 8. The lowest BCUT2D eigenvalue weighted by Gasteiger charge is -2.51. The number of fused-ring (bicyclic) bond motifs is 2. The van der Waals surface area contributed by atoms with Crippen molar-refractivity contribution in [2.75, 3.05) is 26.4 Å². The van der Waals surface area contributed by atoms with Gasteiger partial charge in [0.25, 0.3) is 0 Å². The molecule has 1 aromatic carbocycles. The minimum Gasteiger partial charge on any atom is -0.466 e. The molecule has 0 spiro atoms. The fraction of sp³-hybridized carbons (Fsp3) is 0.538. The zero-order valence-electron chi connectivity index (χ0n) is 20.0. The van der Waals surface area contributed by atoms with E-state index < -0.39 is 59.4 Å². The van der Waals surface area contributed by atoms with Crippen molar-refractivity contribution in [1.29, 1.82) is 0 Å². The zero-order valence-corrected chi connectivity index (χ0v) is 20.0. The number of rotatable bonds is 9. The van der Waals surface area contributed by atoms with Gasteiger partial charge in [-0.2, -0.15) is 0 Å². The van der Waals surface area contributed by atoms with E-state index in [1.54, 1.807) is 27.7 Å². The summed E-state index contributed by atoms with van der Waals surface area (Å²) in [5.41, 5.74) is 1.51. The monoisotopic (exact) mass is 472 g/mol. The molecule has 0 saturated heterocycles. The third-order valence-corrected chi connectivity index (χ3v) is 6.45. The SMILES string of the molecule is CCOC(=O)C1C2C=C(c3ccccc3)C(C1C(=O)OCC)C(C(=O)OCC)C2C(=O)OCC. The number of hydrogen-bond donors (Lipinski definition) is 0. The van der Waals surface area contributed by atoms with Gasteiger partial charge in [-0.05, 0) is 38.8 Å². The van der Waals surface area contributed by atoms with E-state index in [2.05, 4.69) is 0 Å². The maximum atomic E-state index is 13.3. The van der Waals surface area contributed by atoms with Crippen LogP contribution in [0.5, 0.6) is 0 Å². The summed E-state index contributed by atoms with van der Waals surface area (Å²) in [5.74, 6) is -8.04. The van der Waals surface area contributed by atoms with Crippen molar-refractivity contribution in [3.8, 4) is 0 Å². The molecule has 4 atom stereocenters. The van der Waals surface area contributed by atoms with Crippen LogP contribution in [0.4, 0.5) is 0 Å². The Morgan fingerprint density at radius 1 is 0.618 bits per heavy atom. The summed E-state index contributed by atoms with van der Waals surface area (Å²) in [6, 6.07) is 9.30. The first-order valence-electron chi connectivity index (χ1n) is 11.8. The minimum absolute atomic E-state index is 0.109. The fourth-order valence-electron chi connectivity index (χ4n) is 5.35. The molecule has 0 amide bonds. The largest absolute Gasteiger partial charge is 0.466 e. The smallest absolute Gasteiger partial charge is 0.310 e. The molecule has 4 rings (SSSR count). The summed E-state index contributed by atoms with van der Waals surface area (Å²) < 4.78 is 21.4. The second-order valence-corrected chi connectivity index (χ2v) is 8.20. The lowest BCUT2D eigenvalue weighted by molar-refractivity contribution is -0.184. The third-order valence-electron chi connectivity index (χ3n) is 6.45. The average molecular weight is 473 g/mol. The quantitative estimate of drug-likeness (QED) is 0.399. The summed E-state index contributed by atoms with van der Waals surface area (Å²) >= 11 is 0. The van der Waals surface area contributed by atoms with Crippen molar-refractivity contribution >= 4 is 29.5 Å². The van der Waals surface area contributed by atoms with Crippen LogP contribution < -0.4 is 0 Å². The molecule has 2 bridgehead atoms. The maximum absolute atomic E-state index is 13.3. The van der Waals surface area contributed by atoms with Crippen molar-refractivity contribution in [3.05, 3.63) is 42.0 Å². The van der Waals surface area contributed by atoms with E-state index in [4.69, 9.17) is 18.9 Å². The van der Waals surface area contributed by atoms with Crippen molar-refractivity contribution in [2.45, 2.75) is 27.7 Å². The minimum atomic E-state index is -1.01. The second-order valence-electron chi connectivity index (χ2n) is 8.20. The van der Waals surface area contributed by atoms with Crippen LogP contribution in [0.1, 0.15) is 33.3 Å². The highest BCUT2D eigenvalue weighted by Gasteiger charge is 2.64. The molecule has 0 N–H and O–H groups in total. The summed E-state index contributed by atoms with van der Waals surface area (Å²) in [6.45, 7) is 7.15. The molecule has 1 fully saturated rings. The summed E-state index contributed by atoms with van der Waals surface area (Å²) in [5, 5.41) is 0. The molecule has 0 radical (unpaired) electrons. The number of allylic oxidation sites excluding steroid dienone is 2. The number of benzene rings is 1. The van der Waals surface area contributed by atoms with Crippen LogP contribution in [0.2, 0.25) is 0 Å². The van der Waals surface area contributed by atoms with Gasteiger partial charge in [-0.1, -0.05) is 36.4 Å². The highest BCUT2D eigenvalue weighted by molar-refractivity contribution is 5.94. The topological polar surface area (TPSA) is 105 Å². The first-order chi connectivity index (χ1) is 16.4. The molecule has 0 heterocycles. The lowest BCUT2D eigenvalue weighted by atomic mass is 9.50. The highest BCUT2D eigenvalue weighted by Crippen LogP contribution is 2.58. The Balaban J connectivity index is 2.26. The fourth-order valence-corrected chi connectivity index (χ4v) is 5.35. The first-order valence-corrected chi connectivity index (χ1v) is 11.8. The average Bonchev–Trinajstić information content (AvgIpc) is 2.83. The van der Waals surface area contributed by atoms with E-state index in [1.165, 1.54) is 0 Å². The van der Waals surface area contributed by atoms with Gasteiger partial charge in [0.2, 0.25) is 0 Å². The van der Waals surface area contributed by atoms with Gasteiger partial charge < -0.3 is 18.9 Å². The van der Waals surface area contributed by atoms with Gasteiger partial charge in [0, 0.05) is 11.8 Å². The molecule has 34 heavy (non-hydrogen) atoms. The molecule has 1 aromatic rings. The summed E-state index contributed by atoms with van der Waals surface area (Å²) in [6.07, 6.45) is 1.83. The van der Waals surface area contributed by atoms with Crippen LogP contribution in [0.3, 0.4) is 0 Å². The van der Waals surface area contributed by atoms with Crippen molar-refractivity contribution in [3.63, 3.8) is 0 Å². The van der Waals surface area contributed by atoms with Crippen LogP contribution in [0.25, 0.3) is 5.57 Å². The van der Waals surface area contributed by atoms with Gasteiger partial charge >= 0.3 is 23.9 Å². The molecule has 4 unspecified atom stereocenters. The van der Waals surface area contributed by atoms with Gasteiger partial charge in [-0.15, -0.1) is 0 Å². The Morgan fingerprint density at radius 3 is 1.38 bits per heavy atom. The van der Waals surface area contributed by atoms with Crippen molar-refractivity contribution in [1.82, 2.24) is 0 Å². The highest BCUT2D eigenvalue weighted by atomic mass is 16.5. The summed E-state index contributed by atoms with van der Waals surface area (Å²) in [7, 11) is 0. The Bertz CT molecular complexity index is 889. The lowest BCUT2D eigenvalue weighted by Crippen LogP contribution is -2.59. The van der Waals surface area contributed by atoms with E-state index in [9.17, 15) is 19.2 Å². The Kier molecular flexibility index (Phi) is 8.47. The van der Waals surface area contributed by atoms with Crippen LogP contribution in [0.15, 0.2) is 36.4 Å². The molecule has 8 nitrogen and oxygen atoms in total. The predicted molar refractivity (Wildman–Crippen MR) is 122 cm³/mol. The van der Waals surface area contributed by atoms with Crippen LogP contribution in [-0.2, 0) is 38.1 Å². The van der Waals surface area contributed by atoms with E-state index >= 15 is 0 Å². The predicted octanol–water partition coefficient (Wildman–Crippen LogP) is 3.05. The first kappa shape index (κ1) is 25.5. The molecule has 0 aliphatic heterocycles. The number of ether oxygens (including phenoxy) is 4. The number of carbonyl (C=O) groups excluding carboxylic acids is 4. The van der Waals surface area contributed by atoms with Gasteiger partial charge in [0.05, 0.1) is 50.1 Å². The van der Waals surface area contributed by atoms with E-state index in [0.717, 1.165) is 5.56 Å². The van der Waals surface area contributed by atoms with Crippen molar-refractivity contribution in [2.24, 2.45) is 35.5 Å². The standard InChI is InChI=1S/C26H32O8/c1-5-31-23(27)19-17-14-16(15-12-10-9-11-13-15)18(21(19)25(29)33-7-3)22(26(30)34-8-4)20(17)24(28)32-6-2/h9-14,17-22H,5-8H2,1-4H3. The molecule has 184 valence electrons. The number of carbonyl (C=O) groups is 4. The molecule has 3 aliphatic rings. The van der Waals surface area contributed by atoms with Gasteiger partial charge in [0.15, 0.2) is 0 Å². The van der Waals surface area contributed by atoms with Crippen LogP contribution >= 0.6 is 0 Å². The maximum Gasteiger partial charge on any atom is 0.310 e. The Labute approximate surface area is 199 Å². The molecular formula is C26H32O8. The van der Waals surface area contributed by atoms with Crippen molar-refractivity contribution < 1.29 is 38.1 Å². The van der Waals surface area contributed by atoms with E-state index in [-0.39, 0.29) is 26.4 Å². The van der Waals surface area contributed by atoms with E-state index in [1.807, 2.05) is 36.4 Å². The van der Waals surface area contributed by atoms with Crippen LogP contribution in [-0.4, -0.2) is 50.3 Å². The van der Waals surface area contributed by atoms with Gasteiger partial charge in [-0.25, -0.2) is 0 Å².